The fourth-order valence-corrected chi connectivity index (χ4v) is 3.28. The highest BCUT2D eigenvalue weighted by atomic mass is 35.5. The summed E-state index contributed by atoms with van der Waals surface area (Å²) in [6.45, 7) is 0. The summed E-state index contributed by atoms with van der Waals surface area (Å²) in [6.07, 6.45) is 0. The first-order valence-electron chi connectivity index (χ1n) is 7.75. The summed E-state index contributed by atoms with van der Waals surface area (Å²) in [5.41, 5.74) is 2.93. The quantitative estimate of drug-likeness (QED) is 0.515. The molecule has 3 N–H and O–H groups in total. The molecule has 0 aliphatic carbocycles. The normalized spacial score (nSPS) is 11.2. The molecule has 0 fully saturated rings. The number of carboxylic acids is 1. The van der Waals surface area contributed by atoms with Crippen LogP contribution in [0.5, 0.6) is 0 Å². The number of aromatic amines is 1. The van der Waals surface area contributed by atoms with E-state index in [9.17, 15) is 14.7 Å². The maximum absolute atomic E-state index is 11.4. The van der Waals surface area contributed by atoms with Crippen LogP contribution in [-0.4, -0.2) is 32.5 Å². The number of nitrogens with zero attached hydrogens (tertiary/aromatic N) is 2. The van der Waals surface area contributed by atoms with Gasteiger partial charge in [0, 0.05) is 18.6 Å². The highest BCUT2D eigenvalue weighted by Gasteiger charge is 2.21. The molecule has 1 aromatic carbocycles. The molecule has 0 bridgehead atoms. The maximum atomic E-state index is 11.4. The number of fused-ring (bicyclic) bond motifs is 2. The van der Waals surface area contributed by atoms with E-state index in [1.54, 1.807) is 23.6 Å². The topological polar surface area (TPSA) is 99.5 Å². The molecular weight excluding hydrogens is 356 g/mol. The van der Waals surface area contributed by atoms with Crippen molar-refractivity contribution in [3.05, 3.63) is 63.7 Å². The average Bonchev–Trinajstić information content (AvgIpc) is 2.98. The number of aromatic nitrogens is 3. The summed E-state index contributed by atoms with van der Waals surface area (Å²) >= 11 is 6.32. The SMILES string of the molecule is CNc1ccc(-c2ccc3[nH]c(=O)ccc3c2)n2c(Cl)c(C(=O)O)nc12. The first kappa shape index (κ1) is 16.2. The Labute approximate surface area is 151 Å². The van der Waals surface area contributed by atoms with Gasteiger partial charge < -0.3 is 15.4 Å². The molecule has 8 heteroatoms. The molecule has 0 spiro atoms. The molecule has 0 atom stereocenters. The monoisotopic (exact) mass is 368 g/mol. The van der Waals surface area contributed by atoms with Gasteiger partial charge in [0.15, 0.2) is 11.3 Å². The van der Waals surface area contributed by atoms with Crippen LogP contribution in [-0.2, 0) is 0 Å². The van der Waals surface area contributed by atoms with Gasteiger partial charge in [0.25, 0.3) is 0 Å². The Morgan fingerprint density at radius 3 is 2.77 bits per heavy atom. The zero-order valence-corrected chi connectivity index (χ0v) is 14.3. The summed E-state index contributed by atoms with van der Waals surface area (Å²) in [5.74, 6) is -1.19. The average molecular weight is 369 g/mol. The maximum Gasteiger partial charge on any atom is 0.357 e. The molecule has 0 aliphatic rings. The van der Waals surface area contributed by atoms with Crippen molar-refractivity contribution in [3.63, 3.8) is 0 Å². The zero-order valence-electron chi connectivity index (χ0n) is 13.6. The Balaban J connectivity index is 2.04. The van der Waals surface area contributed by atoms with Crippen molar-refractivity contribution in [2.24, 2.45) is 0 Å². The fourth-order valence-electron chi connectivity index (χ4n) is 2.98. The van der Waals surface area contributed by atoms with E-state index in [-0.39, 0.29) is 16.4 Å². The number of anilines is 1. The number of pyridine rings is 2. The van der Waals surface area contributed by atoms with Crippen LogP contribution in [0.15, 0.2) is 47.3 Å². The number of aromatic carboxylic acids is 1. The molecule has 0 unspecified atom stereocenters. The minimum atomic E-state index is -1.19. The van der Waals surface area contributed by atoms with Crippen molar-refractivity contribution in [1.82, 2.24) is 14.4 Å². The molecule has 3 aromatic heterocycles. The van der Waals surface area contributed by atoms with Crippen LogP contribution in [0.3, 0.4) is 0 Å². The predicted molar refractivity (Wildman–Crippen MR) is 100 cm³/mol. The number of halogens is 1. The molecule has 0 aliphatic heterocycles. The Morgan fingerprint density at radius 2 is 2.04 bits per heavy atom. The predicted octanol–water partition coefficient (Wildman–Crippen LogP) is 3.24. The van der Waals surface area contributed by atoms with Crippen molar-refractivity contribution in [2.45, 2.75) is 0 Å². The third-order valence-electron chi connectivity index (χ3n) is 4.20. The molecule has 130 valence electrons. The lowest BCUT2D eigenvalue weighted by Crippen LogP contribution is -2.02. The fraction of sp³-hybridized carbons (Fsp3) is 0.0556. The van der Waals surface area contributed by atoms with Gasteiger partial charge in [-0.1, -0.05) is 17.7 Å². The van der Waals surface area contributed by atoms with Crippen molar-refractivity contribution in [3.8, 4) is 11.3 Å². The molecule has 3 heterocycles. The van der Waals surface area contributed by atoms with Crippen LogP contribution in [0.25, 0.3) is 27.8 Å². The van der Waals surface area contributed by atoms with Gasteiger partial charge in [-0.05, 0) is 41.3 Å². The van der Waals surface area contributed by atoms with E-state index in [1.807, 2.05) is 24.3 Å². The lowest BCUT2D eigenvalue weighted by atomic mass is 10.1. The molecule has 7 nitrogen and oxygen atoms in total. The molecular formula is C18H13ClN4O3. The van der Waals surface area contributed by atoms with E-state index in [4.69, 9.17) is 11.6 Å². The van der Waals surface area contributed by atoms with Crippen molar-refractivity contribution >= 4 is 39.8 Å². The van der Waals surface area contributed by atoms with Gasteiger partial charge in [-0.3, -0.25) is 9.20 Å². The van der Waals surface area contributed by atoms with Crippen LogP contribution in [0.2, 0.25) is 5.15 Å². The van der Waals surface area contributed by atoms with E-state index in [1.165, 1.54) is 6.07 Å². The van der Waals surface area contributed by atoms with Gasteiger partial charge in [-0.2, -0.15) is 0 Å². The van der Waals surface area contributed by atoms with Gasteiger partial charge in [0.05, 0.1) is 11.4 Å². The number of benzene rings is 1. The smallest absolute Gasteiger partial charge is 0.357 e. The Kier molecular flexibility index (Phi) is 3.66. The largest absolute Gasteiger partial charge is 0.476 e. The molecule has 0 amide bonds. The van der Waals surface area contributed by atoms with E-state index < -0.39 is 5.97 Å². The van der Waals surface area contributed by atoms with Crippen LogP contribution in [0, 0.1) is 0 Å². The second kappa shape index (κ2) is 5.89. The molecule has 0 radical (unpaired) electrons. The number of hydrogen-bond donors (Lipinski definition) is 3. The van der Waals surface area contributed by atoms with Crippen molar-refractivity contribution in [2.75, 3.05) is 12.4 Å². The number of hydrogen-bond acceptors (Lipinski definition) is 4. The Bertz CT molecular complexity index is 1240. The zero-order chi connectivity index (χ0) is 18.4. The summed E-state index contributed by atoms with van der Waals surface area (Å²) in [4.78, 5) is 29.8. The highest BCUT2D eigenvalue weighted by molar-refractivity contribution is 6.33. The van der Waals surface area contributed by atoms with E-state index in [0.29, 0.717) is 22.5 Å². The second-order valence-electron chi connectivity index (χ2n) is 5.72. The molecule has 0 saturated heterocycles. The van der Waals surface area contributed by atoms with E-state index >= 15 is 0 Å². The van der Waals surface area contributed by atoms with Crippen LogP contribution < -0.4 is 10.9 Å². The van der Waals surface area contributed by atoms with Gasteiger partial charge in [0.1, 0.15) is 5.15 Å². The molecule has 26 heavy (non-hydrogen) atoms. The highest BCUT2D eigenvalue weighted by Crippen LogP contribution is 2.32. The summed E-state index contributed by atoms with van der Waals surface area (Å²) < 4.78 is 1.60. The molecule has 4 aromatic rings. The first-order valence-corrected chi connectivity index (χ1v) is 8.13. The minimum Gasteiger partial charge on any atom is -0.476 e. The minimum absolute atomic E-state index is 0.0289. The van der Waals surface area contributed by atoms with Gasteiger partial charge >= 0.3 is 5.97 Å². The third kappa shape index (κ3) is 2.41. The van der Waals surface area contributed by atoms with Crippen LogP contribution in [0.4, 0.5) is 5.69 Å². The van der Waals surface area contributed by atoms with Gasteiger partial charge in [-0.15, -0.1) is 0 Å². The number of nitrogens with one attached hydrogen (secondary N) is 2. The van der Waals surface area contributed by atoms with Gasteiger partial charge in [0.2, 0.25) is 5.56 Å². The third-order valence-corrected chi connectivity index (χ3v) is 4.55. The number of imidazole rings is 1. The van der Waals surface area contributed by atoms with E-state index in [2.05, 4.69) is 15.3 Å². The van der Waals surface area contributed by atoms with E-state index in [0.717, 1.165) is 10.9 Å². The summed E-state index contributed by atoms with van der Waals surface area (Å²) in [6, 6.07) is 12.4. The number of carboxylic acid groups (broad SMARTS) is 1. The van der Waals surface area contributed by atoms with Crippen molar-refractivity contribution < 1.29 is 9.90 Å². The molecule has 0 saturated carbocycles. The number of H-pyrrole nitrogens is 1. The van der Waals surface area contributed by atoms with Crippen LogP contribution >= 0.6 is 11.6 Å². The van der Waals surface area contributed by atoms with Crippen molar-refractivity contribution in [1.29, 1.82) is 0 Å². The first-order chi connectivity index (χ1) is 12.5. The van der Waals surface area contributed by atoms with Crippen LogP contribution in [0.1, 0.15) is 10.5 Å². The lowest BCUT2D eigenvalue weighted by Gasteiger charge is -2.11. The number of carbonyl (C=O) groups is 1. The summed E-state index contributed by atoms with van der Waals surface area (Å²) in [5, 5.41) is 13.2. The summed E-state index contributed by atoms with van der Waals surface area (Å²) in [7, 11) is 1.73. The molecule has 4 rings (SSSR count). The second-order valence-corrected chi connectivity index (χ2v) is 6.08. The standard InChI is InChI=1S/C18H13ClN4O3/c1-20-12-5-6-13(23-16(19)15(18(25)26)22-17(12)23)10-2-4-11-9(8-10)3-7-14(24)21-11/h2-8,20H,1H3,(H,21,24)(H,25,26). The van der Waals surface area contributed by atoms with Gasteiger partial charge in [-0.25, -0.2) is 9.78 Å². The number of rotatable bonds is 3. The lowest BCUT2D eigenvalue weighted by molar-refractivity contribution is 0.0691. The Morgan fingerprint density at radius 1 is 1.23 bits per heavy atom. The Hall–Kier alpha value is -3.32.